The lowest BCUT2D eigenvalue weighted by molar-refractivity contribution is 0.101. The van der Waals surface area contributed by atoms with Crippen LogP contribution in [0.2, 0.25) is 0 Å². The molecular weight excluding hydrogens is 340 g/mol. The van der Waals surface area contributed by atoms with Crippen LogP contribution in [0.15, 0.2) is 53.0 Å². The van der Waals surface area contributed by atoms with Crippen molar-refractivity contribution in [2.75, 3.05) is 5.32 Å². The van der Waals surface area contributed by atoms with Gasteiger partial charge in [0.1, 0.15) is 5.69 Å². The summed E-state index contributed by atoms with van der Waals surface area (Å²) in [6.45, 7) is 4.82. The lowest BCUT2D eigenvalue weighted by Crippen LogP contribution is -2.18. The monoisotopic (exact) mass is 356 g/mol. The van der Waals surface area contributed by atoms with Crippen molar-refractivity contribution >= 4 is 38.4 Å². The number of aromatic nitrogens is 1. The van der Waals surface area contributed by atoms with Gasteiger partial charge in [0.15, 0.2) is 0 Å². The van der Waals surface area contributed by atoms with Crippen LogP contribution in [0, 0.1) is 6.92 Å². The summed E-state index contributed by atoms with van der Waals surface area (Å²) in [5, 5.41) is 4.12. The average molecular weight is 357 g/mol. The summed E-state index contributed by atoms with van der Waals surface area (Å²) in [7, 11) is 0. The largest absolute Gasteiger partial charge is 0.337 e. The van der Waals surface area contributed by atoms with Gasteiger partial charge in [0.25, 0.3) is 5.91 Å². The molecule has 0 bridgehead atoms. The number of aryl methyl sites for hydroxylation is 2. The molecule has 1 N–H and O–H groups in total. The number of fused-ring (bicyclic) bond motifs is 1. The Morgan fingerprint density at radius 1 is 1.14 bits per heavy atom. The minimum atomic E-state index is -0.0811. The van der Waals surface area contributed by atoms with E-state index < -0.39 is 0 Å². The van der Waals surface area contributed by atoms with Crippen molar-refractivity contribution in [1.29, 1.82) is 0 Å². The van der Waals surface area contributed by atoms with Crippen molar-refractivity contribution in [2.45, 2.75) is 20.4 Å². The molecular formula is C18H17BrN2O. The normalized spacial score (nSPS) is 10.9. The van der Waals surface area contributed by atoms with Crippen LogP contribution in [0.5, 0.6) is 0 Å². The molecule has 1 heterocycles. The number of carbonyl (C=O) groups is 1. The molecule has 3 aromatic rings. The van der Waals surface area contributed by atoms with E-state index in [0.717, 1.165) is 38.9 Å². The number of halogens is 1. The second kappa shape index (κ2) is 5.97. The van der Waals surface area contributed by atoms with Crippen LogP contribution in [0.4, 0.5) is 5.69 Å². The van der Waals surface area contributed by atoms with Gasteiger partial charge in [-0.15, -0.1) is 0 Å². The fourth-order valence-electron chi connectivity index (χ4n) is 2.84. The topological polar surface area (TPSA) is 34.0 Å². The van der Waals surface area contributed by atoms with Gasteiger partial charge in [0.05, 0.1) is 5.69 Å². The van der Waals surface area contributed by atoms with E-state index in [-0.39, 0.29) is 5.91 Å². The Balaban J connectivity index is 2.08. The second-order valence-corrected chi connectivity index (χ2v) is 6.02. The molecule has 112 valence electrons. The first-order chi connectivity index (χ1) is 10.6. The molecule has 1 aromatic heterocycles. The smallest absolute Gasteiger partial charge is 0.272 e. The molecule has 2 aromatic carbocycles. The lowest BCUT2D eigenvalue weighted by atomic mass is 10.1. The van der Waals surface area contributed by atoms with Crippen LogP contribution in [-0.4, -0.2) is 10.5 Å². The Morgan fingerprint density at radius 3 is 2.55 bits per heavy atom. The highest BCUT2D eigenvalue weighted by Gasteiger charge is 2.19. The number of anilines is 1. The first-order valence-corrected chi connectivity index (χ1v) is 8.06. The zero-order valence-electron chi connectivity index (χ0n) is 12.6. The lowest BCUT2D eigenvalue weighted by Gasteiger charge is -2.11. The third-order valence-electron chi connectivity index (χ3n) is 3.88. The molecule has 0 saturated carbocycles. The zero-order valence-corrected chi connectivity index (χ0v) is 14.1. The summed E-state index contributed by atoms with van der Waals surface area (Å²) in [5.74, 6) is -0.0811. The Labute approximate surface area is 138 Å². The zero-order chi connectivity index (χ0) is 15.7. The number of para-hydroxylation sites is 2. The maximum atomic E-state index is 12.8. The van der Waals surface area contributed by atoms with Crippen molar-refractivity contribution < 1.29 is 4.79 Å². The maximum absolute atomic E-state index is 12.8. The van der Waals surface area contributed by atoms with E-state index >= 15 is 0 Å². The number of nitrogens with zero attached hydrogens (tertiary/aromatic N) is 1. The Kier molecular flexibility index (Phi) is 4.03. The molecule has 3 rings (SSSR count). The van der Waals surface area contributed by atoms with Gasteiger partial charge < -0.3 is 9.88 Å². The molecule has 1 amide bonds. The number of nitrogens with one attached hydrogen (secondary N) is 1. The number of rotatable bonds is 3. The van der Waals surface area contributed by atoms with Crippen molar-refractivity contribution in [3.8, 4) is 0 Å². The van der Waals surface area contributed by atoms with E-state index in [4.69, 9.17) is 0 Å². The second-order valence-electron chi connectivity index (χ2n) is 5.17. The number of amides is 1. The molecule has 0 unspecified atom stereocenters. The van der Waals surface area contributed by atoms with Gasteiger partial charge >= 0.3 is 0 Å². The SMILES string of the molecule is CCn1c(C(=O)Nc2ccccc2Br)c(C)c2ccccc21. The van der Waals surface area contributed by atoms with Crippen LogP contribution in [0.1, 0.15) is 23.0 Å². The van der Waals surface area contributed by atoms with Gasteiger partial charge in [-0.2, -0.15) is 0 Å². The summed E-state index contributed by atoms with van der Waals surface area (Å²) in [4.78, 5) is 12.8. The van der Waals surface area contributed by atoms with E-state index in [1.807, 2.05) is 43.3 Å². The summed E-state index contributed by atoms with van der Waals surface area (Å²) < 4.78 is 2.94. The summed E-state index contributed by atoms with van der Waals surface area (Å²) >= 11 is 3.46. The molecule has 0 atom stereocenters. The summed E-state index contributed by atoms with van der Waals surface area (Å²) in [6.07, 6.45) is 0. The Bertz CT molecular complexity index is 851. The minimum Gasteiger partial charge on any atom is -0.337 e. The van der Waals surface area contributed by atoms with Gasteiger partial charge in [0.2, 0.25) is 0 Å². The third-order valence-corrected chi connectivity index (χ3v) is 4.57. The van der Waals surface area contributed by atoms with Gasteiger partial charge in [-0.3, -0.25) is 4.79 Å². The predicted molar refractivity (Wildman–Crippen MR) is 94.4 cm³/mol. The highest BCUT2D eigenvalue weighted by molar-refractivity contribution is 9.10. The highest BCUT2D eigenvalue weighted by atomic mass is 79.9. The molecule has 0 fully saturated rings. The van der Waals surface area contributed by atoms with Crippen LogP contribution in [-0.2, 0) is 6.54 Å². The van der Waals surface area contributed by atoms with Crippen LogP contribution >= 0.6 is 15.9 Å². The molecule has 0 aliphatic heterocycles. The van der Waals surface area contributed by atoms with Crippen molar-refractivity contribution in [3.63, 3.8) is 0 Å². The standard InChI is InChI=1S/C18H17BrN2O/c1-3-21-16-11-7-4-8-13(16)12(2)17(21)18(22)20-15-10-6-5-9-14(15)19/h4-11H,3H2,1-2H3,(H,20,22). The fraction of sp³-hybridized carbons (Fsp3) is 0.167. The number of benzene rings is 2. The number of hydrogen-bond donors (Lipinski definition) is 1. The minimum absolute atomic E-state index is 0.0811. The quantitative estimate of drug-likeness (QED) is 0.704. The van der Waals surface area contributed by atoms with E-state index in [1.54, 1.807) is 0 Å². The highest BCUT2D eigenvalue weighted by Crippen LogP contribution is 2.27. The molecule has 0 aliphatic carbocycles. The first kappa shape index (κ1) is 14.9. The number of hydrogen-bond acceptors (Lipinski definition) is 1. The van der Waals surface area contributed by atoms with Crippen molar-refractivity contribution in [2.24, 2.45) is 0 Å². The number of carbonyl (C=O) groups excluding carboxylic acids is 1. The van der Waals surface area contributed by atoms with E-state index in [0.29, 0.717) is 0 Å². The van der Waals surface area contributed by atoms with E-state index in [9.17, 15) is 4.79 Å². The fourth-order valence-corrected chi connectivity index (χ4v) is 3.23. The molecule has 0 saturated heterocycles. The maximum Gasteiger partial charge on any atom is 0.272 e. The van der Waals surface area contributed by atoms with Crippen molar-refractivity contribution in [3.05, 3.63) is 64.3 Å². The van der Waals surface area contributed by atoms with Crippen LogP contribution < -0.4 is 5.32 Å². The summed E-state index contributed by atoms with van der Waals surface area (Å²) in [6, 6.07) is 15.8. The average Bonchev–Trinajstić information content (AvgIpc) is 2.82. The molecule has 0 radical (unpaired) electrons. The summed E-state index contributed by atoms with van der Waals surface area (Å²) in [5.41, 5.74) is 3.61. The molecule has 4 heteroatoms. The van der Waals surface area contributed by atoms with E-state index in [2.05, 4.69) is 44.9 Å². The van der Waals surface area contributed by atoms with Crippen LogP contribution in [0.3, 0.4) is 0 Å². The molecule has 22 heavy (non-hydrogen) atoms. The first-order valence-electron chi connectivity index (χ1n) is 7.27. The van der Waals surface area contributed by atoms with Gasteiger partial charge in [-0.25, -0.2) is 0 Å². The molecule has 0 aliphatic rings. The van der Waals surface area contributed by atoms with Gasteiger partial charge in [-0.1, -0.05) is 30.3 Å². The molecule has 0 spiro atoms. The van der Waals surface area contributed by atoms with Gasteiger partial charge in [0, 0.05) is 21.9 Å². The predicted octanol–water partition coefficient (Wildman–Crippen LogP) is 4.98. The van der Waals surface area contributed by atoms with Crippen LogP contribution in [0.25, 0.3) is 10.9 Å². The van der Waals surface area contributed by atoms with Crippen molar-refractivity contribution in [1.82, 2.24) is 4.57 Å². The Morgan fingerprint density at radius 2 is 1.82 bits per heavy atom. The Hall–Kier alpha value is -2.07. The van der Waals surface area contributed by atoms with E-state index in [1.165, 1.54) is 0 Å². The molecule has 3 nitrogen and oxygen atoms in total. The van der Waals surface area contributed by atoms with Gasteiger partial charge in [-0.05, 0) is 53.5 Å². The third kappa shape index (κ3) is 2.44.